The third-order valence-electron chi connectivity index (χ3n) is 5.89. The maximum absolute atomic E-state index is 12.5. The molecule has 170 valence electrons. The van der Waals surface area contributed by atoms with Gasteiger partial charge in [0.1, 0.15) is 5.75 Å². The van der Waals surface area contributed by atoms with Crippen molar-refractivity contribution in [2.24, 2.45) is 0 Å². The molecule has 0 radical (unpaired) electrons. The van der Waals surface area contributed by atoms with Crippen LogP contribution in [-0.2, 0) is 9.59 Å². The Morgan fingerprint density at radius 3 is 2.58 bits per heavy atom. The zero-order chi connectivity index (χ0) is 23.5. The van der Waals surface area contributed by atoms with Crippen molar-refractivity contribution in [3.63, 3.8) is 0 Å². The van der Waals surface area contributed by atoms with Crippen molar-refractivity contribution in [1.82, 2.24) is 9.80 Å². The maximum atomic E-state index is 12.5. The van der Waals surface area contributed by atoms with E-state index in [2.05, 4.69) is 10.2 Å². The Labute approximate surface area is 192 Å². The molecule has 8 nitrogen and oxygen atoms in total. The Balaban J connectivity index is 1.50. The summed E-state index contributed by atoms with van der Waals surface area (Å²) in [4.78, 5) is 28.8. The standard InChI is InChI=1S/C25H27N5O3/c1-29-9-11-30(12-10-29)24(31)8-6-21(26)18-5-3-16(14-22(18)27)13-20-19-15-17(33-2)4-7-23(19)28-25(20)32/h3-8,13-15,26H,9-12,27H2,1-2H3,(H,28,32)/b8-6+,20-13+,26-21?. The van der Waals surface area contributed by atoms with Gasteiger partial charge in [-0.15, -0.1) is 0 Å². The van der Waals surface area contributed by atoms with Crippen LogP contribution < -0.4 is 15.8 Å². The number of rotatable bonds is 5. The van der Waals surface area contributed by atoms with Gasteiger partial charge < -0.3 is 31.0 Å². The summed E-state index contributed by atoms with van der Waals surface area (Å²) in [5.41, 5.74) is 10.0. The molecule has 2 aliphatic rings. The molecule has 4 rings (SSSR count). The van der Waals surface area contributed by atoms with Crippen LogP contribution in [0.15, 0.2) is 48.6 Å². The first-order valence-electron chi connectivity index (χ1n) is 10.7. The Hall–Kier alpha value is -3.91. The number of benzene rings is 2. The van der Waals surface area contributed by atoms with E-state index in [9.17, 15) is 9.59 Å². The topological polar surface area (TPSA) is 112 Å². The van der Waals surface area contributed by atoms with Crippen LogP contribution in [-0.4, -0.2) is 67.7 Å². The molecule has 33 heavy (non-hydrogen) atoms. The lowest BCUT2D eigenvalue weighted by atomic mass is 10.0. The van der Waals surface area contributed by atoms with Crippen molar-refractivity contribution in [3.05, 3.63) is 65.2 Å². The van der Waals surface area contributed by atoms with Gasteiger partial charge in [-0.3, -0.25) is 9.59 Å². The summed E-state index contributed by atoms with van der Waals surface area (Å²) in [6.07, 6.45) is 4.67. The summed E-state index contributed by atoms with van der Waals surface area (Å²) in [5, 5.41) is 11.2. The molecule has 2 amide bonds. The van der Waals surface area contributed by atoms with Crippen molar-refractivity contribution in [1.29, 1.82) is 5.41 Å². The minimum atomic E-state index is -0.195. The molecule has 0 spiro atoms. The van der Waals surface area contributed by atoms with Gasteiger partial charge in [-0.1, -0.05) is 12.1 Å². The fraction of sp³-hybridized carbons (Fsp3) is 0.240. The number of allylic oxidation sites excluding steroid dienone is 1. The molecular weight excluding hydrogens is 418 g/mol. The monoisotopic (exact) mass is 445 g/mol. The molecule has 8 heteroatoms. The lowest BCUT2D eigenvalue weighted by molar-refractivity contribution is -0.127. The van der Waals surface area contributed by atoms with Crippen LogP contribution in [0.3, 0.4) is 0 Å². The molecule has 2 aromatic carbocycles. The van der Waals surface area contributed by atoms with Crippen molar-refractivity contribution in [2.75, 3.05) is 51.4 Å². The molecule has 2 heterocycles. The van der Waals surface area contributed by atoms with Crippen LogP contribution in [0, 0.1) is 5.41 Å². The number of ether oxygens (including phenoxy) is 1. The predicted molar refractivity (Wildman–Crippen MR) is 130 cm³/mol. The summed E-state index contributed by atoms with van der Waals surface area (Å²) in [6, 6.07) is 10.7. The first-order chi connectivity index (χ1) is 15.9. The highest BCUT2D eigenvalue weighted by Crippen LogP contribution is 2.36. The van der Waals surface area contributed by atoms with E-state index in [4.69, 9.17) is 15.9 Å². The van der Waals surface area contributed by atoms with Gasteiger partial charge in [0.15, 0.2) is 0 Å². The number of amides is 2. The zero-order valence-corrected chi connectivity index (χ0v) is 18.7. The van der Waals surface area contributed by atoms with Gasteiger partial charge in [-0.2, -0.15) is 0 Å². The summed E-state index contributed by atoms with van der Waals surface area (Å²) < 4.78 is 5.27. The number of nitrogens with zero attached hydrogens (tertiary/aromatic N) is 2. The first-order valence-corrected chi connectivity index (χ1v) is 10.7. The number of anilines is 2. The number of nitrogen functional groups attached to an aromatic ring is 1. The number of likely N-dealkylation sites (N-methyl/N-ethyl adjacent to an activating group) is 1. The van der Waals surface area contributed by atoms with Crippen molar-refractivity contribution in [3.8, 4) is 5.75 Å². The number of nitrogens with one attached hydrogen (secondary N) is 2. The number of hydrogen-bond acceptors (Lipinski definition) is 6. The normalized spacial score (nSPS) is 17.3. The molecule has 4 N–H and O–H groups in total. The third kappa shape index (κ3) is 4.80. The number of piperazine rings is 1. The van der Waals surface area contributed by atoms with E-state index in [1.165, 1.54) is 12.2 Å². The van der Waals surface area contributed by atoms with E-state index in [1.807, 2.05) is 19.2 Å². The van der Waals surface area contributed by atoms with Gasteiger partial charge in [0.25, 0.3) is 5.91 Å². The highest BCUT2D eigenvalue weighted by molar-refractivity contribution is 6.35. The van der Waals surface area contributed by atoms with Crippen molar-refractivity contribution in [2.45, 2.75) is 0 Å². The third-order valence-corrected chi connectivity index (χ3v) is 5.89. The summed E-state index contributed by atoms with van der Waals surface area (Å²) in [7, 11) is 3.61. The minimum Gasteiger partial charge on any atom is -0.497 e. The van der Waals surface area contributed by atoms with Crippen LogP contribution in [0.25, 0.3) is 11.6 Å². The van der Waals surface area contributed by atoms with Crippen LogP contribution in [0.5, 0.6) is 5.75 Å². The Morgan fingerprint density at radius 2 is 1.88 bits per heavy atom. The van der Waals surface area contributed by atoms with E-state index in [0.29, 0.717) is 35.7 Å². The van der Waals surface area contributed by atoms with Gasteiger partial charge in [0.05, 0.1) is 12.8 Å². The van der Waals surface area contributed by atoms with Crippen LogP contribution in [0.4, 0.5) is 11.4 Å². The first kappa shape index (κ1) is 22.3. The van der Waals surface area contributed by atoms with Gasteiger partial charge >= 0.3 is 0 Å². The fourth-order valence-electron chi connectivity index (χ4n) is 3.90. The van der Waals surface area contributed by atoms with E-state index in [1.54, 1.807) is 42.4 Å². The molecule has 0 bridgehead atoms. The molecule has 0 aliphatic carbocycles. The molecule has 1 saturated heterocycles. The lowest BCUT2D eigenvalue weighted by Crippen LogP contribution is -2.46. The zero-order valence-electron chi connectivity index (χ0n) is 18.7. The molecular formula is C25H27N5O3. The molecule has 2 aliphatic heterocycles. The number of nitrogens with two attached hydrogens (primary N) is 1. The van der Waals surface area contributed by atoms with Crippen molar-refractivity contribution < 1.29 is 14.3 Å². The average Bonchev–Trinajstić information content (AvgIpc) is 3.12. The molecule has 0 atom stereocenters. The van der Waals surface area contributed by atoms with E-state index < -0.39 is 0 Å². The Kier molecular flexibility index (Phi) is 6.28. The number of carbonyl (C=O) groups excluding carboxylic acids is 2. The van der Waals surface area contributed by atoms with E-state index in [0.717, 1.165) is 29.9 Å². The van der Waals surface area contributed by atoms with Crippen LogP contribution in [0.1, 0.15) is 16.7 Å². The van der Waals surface area contributed by atoms with Gasteiger partial charge in [-0.25, -0.2) is 0 Å². The number of fused-ring (bicyclic) bond motifs is 1. The minimum absolute atomic E-state index is 0.103. The largest absolute Gasteiger partial charge is 0.497 e. The quantitative estimate of drug-likeness (QED) is 0.372. The molecule has 1 fully saturated rings. The predicted octanol–water partition coefficient (Wildman–Crippen LogP) is 2.47. The Bertz CT molecular complexity index is 1180. The number of carbonyl (C=O) groups is 2. The van der Waals surface area contributed by atoms with Crippen LogP contribution in [0.2, 0.25) is 0 Å². The fourth-order valence-corrected chi connectivity index (χ4v) is 3.90. The molecule has 0 aromatic heterocycles. The second-order valence-corrected chi connectivity index (χ2v) is 8.15. The molecule has 0 saturated carbocycles. The summed E-state index contributed by atoms with van der Waals surface area (Å²) >= 11 is 0. The van der Waals surface area contributed by atoms with E-state index in [-0.39, 0.29) is 17.5 Å². The summed E-state index contributed by atoms with van der Waals surface area (Å²) in [5.74, 6) is 0.366. The maximum Gasteiger partial charge on any atom is 0.256 e. The average molecular weight is 446 g/mol. The summed E-state index contributed by atoms with van der Waals surface area (Å²) in [6.45, 7) is 3.05. The molecule has 0 unspecified atom stereocenters. The highest BCUT2D eigenvalue weighted by atomic mass is 16.5. The SMILES string of the molecule is COc1ccc2c(c1)/C(=C\c1ccc(C(=N)/C=C/C(=O)N3CCN(C)CC3)c(N)c1)C(=O)N2. The highest BCUT2D eigenvalue weighted by Gasteiger charge is 2.24. The number of methoxy groups -OCH3 is 1. The van der Waals surface area contributed by atoms with Gasteiger partial charge in [0, 0.05) is 60.3 Å². The van der Waals surface area contributed by atoms with E-state index >= 15 is 0 Å². The second kappa shape index (κ2) is 9.30. The lowest BCUT2D eigenvalue weighted by Gasteiger charge is -2.31. The number of hydrogen-bond donors (Lipinski definition) is 3. The van der Waals surface area contributed by atoms with Crippen LogP contribution >= 0.6 is 0 Å². The van der Waals surface area contributed by atoms with Gasteiger partial charge in [0.2, 0.25) is 5.91 Å². The second-order valence-electron chi connectivity index (χ2n) is 8.15. The van der Waals surface area contributed by atoms with Gasteiger partial charge in [-0.05, 0) is 49.0 Å². The van der Waals surface area contributed by atoms with Crippen molar-refractivity contribution >= 4 is 40.5 Å². The smallest absolute Gasteiger partial charge is 0.256 e. The Morgan fingerprint density at radius 1 is 1.12 bits per heavy atom. The molecule has 2 aromatic rings.